The number of hydrogen-bond donors (Lipinski definition) is 1. The van der Waals surface area contributed by atoms with Gasteiger partial charge in [-0.15, -0.1) is 0 Å². The minimum absolute atomic E-state index is 0.00325. The highest BCUT2D eigenvalue weighted by Crippen LogP contribution is 2.32. The van der Waals surface area contributed by atoms with E-state index >= 15 is 0 Å². The van der Waals surface area contributed by atoms with E-state index in [0.29, 0.717) is 25.2 Å². The molecule has 1 saturated carbocycles. The number of hydrogen-bond acceptors (Lipinski definition) is 4. The predicted molar refractivity (Wildman–Crippen MR) is 95.8 cm³/mol. The fourth-order valence-electron chi connectivity index (χ4n) is 3.71. The summed E-state index contributed by atoms with van der Waals surface area (Å²) in [5.41, 5.74) is 0.667. The van der Waals surface area contributed by atoms with Gasteiger partial charge in [0, 0.05) is 38.4 Å². The average molecular weight is 369 g/mol. The van der Waals surface area contributed by atoms with Crippen molar-refractivity contribution in [2.45, 2.75) is 50.6 Å². The maximum Gasteiger partial charge on any atom is 0.321 e. The van der Waals surface area contributed by atoms with Crippen LogP contribution in [-0.4, -0.2) is 64.9 Å². The van der Waals surface area contributed by atoms with Gasteiger partial charge in [0.1, 0.15) is 0 Å². The number of nitrogens with zero attached hydrogens (tertiary/aromatic N) is 4. The summed E-state index contributed by atoms with van der Waals surface area (Å²) in [7, 11) is -1.42. The molecule has 1 aromatic rings. The van der Waals surface area contributed by atoms with Gasteiger partial charge in [-0.3, -0.25) is 4.68 Å². The molecule has 8 nitrogen and oxygen atoms in total. The van der Waals surface area contributed by atoms with Crippen LogP contribution in [0.25, 0.3) is 0 Å². The summed E-state index contributed by atoms with van der Waals surface area (Å²) in [4.78, 5) is 14.2. The second kappa shape index (κ2) is 7.33. The third-order valence-corrected chi connectivity index (χ3v) is 6.48. The van der Waals surface area contributed by atoms with Crippen LogP contribution in [0.4, 0.5) is 10.5 Å². The van der Waals surface area contributed by atoms with Crippen LogP contribution in [0.3, 0.4) is 0 Å². The lowest BCUT2D eigenvalue weighted by molar-refractivity contribution is 0.162. The molecule has 2 heterocycles. The van der Waals surface area contributed by atoms with Gasteiger partial charge >= 0.3 is 6.03 Å². The topological polar surface area (TPSA) is 87.5 Å². The smallest absolute Gasteiger partial charge is 0.321 e. The standard InChI is InChI=1S/C16H27N5O3S/c1-19-12-13(11-17-19)18-16(22)20-9-4-7-15(8-10-20)21(25(2,23)24)14-5-3-6-14/h11-12,14-15H,3-10H2,1-2H3,(H,18,22)/t15-/m0/s1. The molecular weight excluding hydrogens is 342 g/mol. The number of carbonyl (C=O) groups excluding carboxylic acids is 1. The Kier molecular flexibility index (Phi) is 5.33. The highest BCUT2D eigenvalue weighted by molar-refractivity contribution is 7.88. The molecule has 3 rings (SSSR count). The van der Waals surface area contributed by atoms with E-state index < -0.39 is 10.0 Å². The van der Waals surface area contributed by atoms with E-state index in [-0.39, 0.29) is 18.1 Å². The second-order valence-corrected chi connectivity index (χ2v) is 8.97. The normalized spacial score (nSPS) is 22.5. The highest BCUT2D eigenvalue weighted by atomic mass is 32.2. The molecule has 1 N–H and O–H groups in total. The van der Waals surface area contributed by atoms with Gasteiger partial charge in [-0.2, -0.15) is 9.40 Å². The number of rotatable bonds is 4. The van der Waals surface area contributed by atoms with Crippen molar-refractivity contribution < 1.29 is 13.2 Å². The third kappa shape index (κ3) is 4.33. The molecular formula is C16H27N5O3S. The van der Waals surface area contributed by atoms with Crippen LogP contribution in [0, 0.1) is 0 Å². The van der Waals surface area contributed by atoms with Gasteiger partial charge in [-0.25, -0.2) is 13.2 Å². The van der Waals surface area contributed by atoms with Crippen LogP contribution in [0.5, 0.6) is 0 Å². The molecule has 1 aliphatic heterocycles. The number of amides is 2. The zero-order valence-corrected chi connectivity index (χ0v) is 15.7. The molecule has 25 heavy (non-hydrogen) atoms. The Morgan fingerprint density at radius 1 is 1.20 bits per heavy atom. The minimum Gasteiger partial charge on any atom is -0.324 e. The van der Waals surface area contributed by atoms with Gasteiger partial charge in [-0.05, 0) is 32.1 Å². The molecule has 2 fully saturated rings. The molecule has 1 aromatic heterocycles. The van der Waals surface area contributed by atoms with Crippen molar-refractivity contribution in [3.05, 3.63) is 12.4 Å². The lowest BCUT2D eigenvalue weighted by Gasteiger charge is -2.40. The number of anilines is 1. The van der Waals surface area contributed by atoms with Gasteiger partial charge in [0.15, 0.2) is 0 Å². The first-order chi connectivity index (χ1) is 11.8. The van der Waals surface area contributed by atoms with Gasteiger partial charge in [0.2, 0.25) is 10.0 Å². The van der Waals surface area contributed by atoms with E-state index in [2.05, 4.69) is 10.4 Å². The Balaban J connectivity index is 1.62. The lowest BCUT2D eigenvalue weighted by atomic mass is 9.91. The van der Waals surface area contributed by atoms with Crippen molar-refractivity contribution in [1.82, 2.24) is 19.0 Å². The van der Waals surface area contributed by atoms with Crippen LogP contribution in [0.1, 0.15) is 38.5 Å². The van der Waals surface area contributed by atoms with Crippen molar-refractivity contribution in [1.29, 1.82) is 0 Å². The van der Waals surface area contributed by atoms with Gasteiger partial charge in [0.05, 0.1) is 18.1 Å². The SMILES string of the molecule is Cn1cc(NC(=O)N2CCC[C@H](N(C3CCC3)S(C)(=O)=O)CC2)cn1. The minimum atomic E-state index is -3.22. The fraction of sp³-hybridized carbons (Fsp3) is 0.750. The number of aryl methyl sites for hydroxylation is 1. The van der Waals surface area contributed by atoms with Crippen molar-refractivity contribution in [3.63, 3.8) is 0 Å². The Hall–Kier alpha value is -1.61. The molecule has 1 saturated heterocycles. The number of likely N-dealkylation sites (tertiary alicyclic amines) is 1. The Morgan fingerprint density at radius 2 is 1.88 bits per heavy atom. The van der Waals surface area contributed by atoms with E-state index in [0.717, 1.165) is 32.1 Å². The zero-order chi connectivity index (χ0) is 18.0. The molecule has 1 aliphatic carbocycles. The summed E-state index contributed by atoms with van der Waals surface area (Å²) in [6.07, 6.45) is 9.98. The van der Waals surface area contributed by atoms with Crippen LogP contribution in [-0.2, 0) is 17.1 Å². The number of urea groups is 1. The third-order valence-electron chi connectivity index (χ3n) is 5.12. The van der Waals surface area contributed by atoms with Gasteiger partial charge in [-0.1, -0.05) is 6.42 Å². The number of nitrogens with one attached hydrogen (secondary N) is 1. The summed E-state index contributed by atoms with van der Waals surface area (Å²) >= 11 is 0. The molecule has 0 radical (unpaired) electrons. The highest BCUT2D eigenvalue weighted by Gasteiger charge is 2.37. The Bertz CT molecular complexity index is 713. The van der Waals surface area contributed by atoms with E-state index in [1.807, 2.05) is 0 Å². The van der Waals surface area contributed by atoms with E-state index in [4.69, 9.17) is 0 Å². The van der Waals surface area contributed by atoms with E-state index in [9.17, 15) is 13.2 Å². The van der Waals surface area contributed by atoms with E-state index in [1.165, 1.54) is 6.26 Å². The summed E-state index contributed by atoms with van der Waals surface area (Å²) < 4.78 is 27.9. The Morgan fingerprint density at radius 3 is 2.44 bits per heavy atom. The lowest BCUT2D eigenvalue weighted by Crippen LogP contribution is -2.50. The van der Waals surface area contributed by atoms with Crippen molar-refractivity contribution in [2.75, 3.05) is 24.7 Å². The molecule has 1 atom stereocenters. The molecule has 0 aromatic carbocycles. The number of aromatic nitrogens is 2. The van der Waals surface area contributed by atoms with Crippen LogP contribution >= 0.6 is 0 Å². The summed E-state index contributed by atoms with van der Waals surface area (Å²) in [5.74, 6) is 0. The molecule has 9 heteroatoms. The van der Waals surface area contributed by atoms with Crippen molar-refractivity contribution in [3.8, 4) is 0 Å². The van der Waals surface area contributed by atoms with E-state index in [1.54, 1.807) is 33.3 Å². The molecule has 0 spiro atoms. The maximum absolute atomic E-state index is 12.5. The molecule has 2 amide bonds. The van der Waals surface area contributed by atoms with Gasteiger partial charge < -0.3 is 10.2 Å². The van der Waals surface area contributed by atoms with Crippen molar-refractivity contribution >= 4 is 21.7 Å². The summed E-state index contributed by atoms with van der Waals surface area (Å²) in [5, 5.41) is 6.89. The second-order valence-electron chi connectivity index (χ2n) is 7.08. The first kappa shape index (κ1) is 18.2. The molecule has 0 bridgehead atoms. The predicted octanol–water partition coefficient (Wildman–Crippen LogP) is 1.62. The fourth-order valence-corrected chi connectivity index (χ4v) is 5.21. The van der Waals surface area contributed by atoms with Crippen LogP contribution in [0.15, 0.2) is 12.4 Å². The zero-order valence-electron chi connectivity index (χ0n) is 14.9. The first-order valence-corrected chi connectivity index (χ1v) is 10.7. The van der Waals surface area contributed by atoms with Gasteiger partial charge in [0.25, 0.3) is 0 Å². The van der Waals surface area contributed by atoms with Crippen molar-refractivity contribution in [2.24, 2.45) is 7.05 Å². The summed E-state index contributed by atoms with van der Waals surface area (Å²) in [6, 6.07) is -0.00420. The number of sulfonamides is 1. The Labute approximate surface area is 149 Å². The maximum atomic E-state index is 12.5. The monoisotopic (exact) mass is 369 g/mol. The number of carbonyl (C=O) groups is 1. The van der Waals surface area contributed by atoms with Crippen LogP contribution < -0.4 is 5.32 Å². The first-order valence-electron chi connectivity index (χ1n) is 8.87. The summed E-state index contributed by atoms with van der Waals surface area (Å²) in [6.45, 7) is 1.21. The quantitative estimate of drug-likeness (QED) is 0.874. The average Bonchev–Trinajstić information content (AvgIpc) is 2.74. The van der Waals surface area contributed by atoms with Crippen LogP contribution in [0.2, 0.25) is 0 Å². The molecule has 2 aliphatic rings. The molecule has 140 valence electrons. The largest absolute Gasteiger partial charge is 0.324 e. The molecule has 0 unspecified atom stereocenters.